The van der Waals surface area contributed by atoms with E-state index < -0.39 is 15.6 Å². The third kappa shape index (κ3) is 5.65. The maximum absolute atomic E-state index is 13.1. The van der Waals surface area contributed by atoms with Crippen LogP contribution < -0.4 is 4.72 Å². The van der Waals surface area contributed by atoms with Gasteiger partial charge in [-0.2, -0.15) is 0 Å². The van der Waals surface area contributed by atoms with Gasteiger partial charge in [0.1, 0.15) is 0 Å². The molecule has 0 spiro atoms. The number of carbonyl (C=O) groups excluding carboxylic acids is 1. The number of piperidine rings is 1. The number of nitrogens with zero attached hydrogens (tertiary/aromatic N) is 1. The summed E-state index contributed by atoms with van der Waals surface area (Å²) in [6.45, 7) is 5.19. The fourth-order valence-corrected chi connectivity index (χ4v) is 5.86. The van der Waals surface area contributed by atoms with Crippen molar-refractivity contribution < 1.29 is 13.2 Å². The van der Waals surface area contributed by atoms with Crippen LogP contribution in [0.1, 0.15) is 49.0 Å². The highest BCUT2D eigenvalue weighted by atomic mass is 32.2. The number of benzene rings is 2. The minimum atomic E-state index is -3.78. The molecule has 1 aliphatic heterocycles. The van der Waals surface area contributed by atoms with E-state index in [0.717, 1.165) is 42.8 Å². The molecule has 0 bridgehead atoms. The van der Waals surface area contributed by atoms with Gasteiger partial charge < -0.3 is 4.90 Å². The Morgan fingerprint density at radius 1 is 1.07 bits per heavy atom. The molecule has 30 heavy (non-hydrogen) atoms. The van der Waals surface area contributed by atoms with Gasteiger partial charge in [0.2, 0.25) is 10.0 Å². The van der Waals surface area contributed by atoms with Crippen molar-refractivity contribution in [2.45, 2.75) is 54.9 Å². The predicted molar refractivity (Wildman–Crippen MR) is 123 cm³/mol. The molecule has 1 heterocycles. The van der Waals surface area contributed by atoms with Gasteiger partial charge in [0, 0.05) is 23.5 Å². The minimum Gasteiger partial charge on any atom is -0.339 e. The van der Waals surface area contributed by atoms with E-state index in [0.29, 0.717) is 12.0 Å². The maximum atomic E-state index is 13.1. The summed E-state index contributed by atoms with van der Waals surface area (Å²) >= 11 is 1.46. The van der Waals surface area contributed by atoms with Gasteiger partial charge in [0.15, 0.2) is 0 Å². The molecule has 1 aliphatic rings. The molecule has 5 nitrogen and oxygen atoms in total. The highest BCUT2D eigenvalue weighted by Crippen LogP contribution is 2.27. The van der Waals surface area contributed by atoms with Gasteiger partial charge in [-0.05, 0) is 69.5 Å². The molecule has 0 saturated carbocycles. The molecule has 2 aromatic carbocycles. The zero-order valence-electron chi connectivity index (χ0n) is 17.8. The molecule has 0 radical (unpaired) electrons. The zero-order chi connectivity index (χ0) is 21.8. The molecule has 0 unspecified atom stereocenters. The van der Waals surface area contributed by atoms with E-state index in [2.05, 4.69) is 4.72 Å². The molecule has 1 amide bonds. The van der Waals surface area contributed by atoms with E-state index in [1.807, 2.05) is 55.3 Å². The molecule has 7 heteroatoms. The van der Waals surface area contributed by atoms with Crippen LogP contribution in [0.5, 0.6) is 0 Å². The van der Waals surface area contributed by atoms with Crippen LogP contribution in [0.2, 0.25) is 0 Å². The van der Waals surface area contributed by atoms with Crippen molar-refractivity contribution in [2.24, 2.45) is 0 Å². The monoisotopic (exact) mass is 446 g/mol. The first-order valence-corrected chi connectivity index (χ1v) is 13.0. The van der Waals surface area contributed by atoms with Gasteiger partial charge in [-0.1, -0.05) is 30.3 Å². The first-order valence-electron chi connectivity index (χ1n) is 10.3. The number of thioether (sulfide) groups is 1. The Morgan fingerprint density at radius 3 is 2.37 bits per heavy atom. The highest BCUT2D eigenvalue weighted by molar-refractivity contribution is 7.98. The van der Waals surface area contributed by atoms with E-state index in [1.165, 1.54) is 17.8 Å². The van der Waals surface area contributed by atoms with Crippen molar-refractivity contribution in [3.8, 4) is 0 Å². The second-order valence-electron chi connectivity index (χ2n) is 8.37. The van der Waals surface area contributed by atoms with Crippen LogP contribution in [0.25, 0.3) is 0 Å². The zero-order valence-corrected chi connectivity index (χ0v) is 19.5. The Labute approximate surface area is 184 Å². The standard InChI is InChI=1S/C23H30N2O3S2/c1-23(2,17-18-10-6-4-7-11-18)24-30(27,28)19-12-13-21(29-3)20(16-19)22(26)25-14-8-5-9-15-25/h4,6-7,10-13,16,24H,5,8-9,14-15,17H2,1-3H3. The number of carbonyl (C=O) groups is 1. The van der Waals surface area contributed by atoms with Crippen LogP contribution in [0.4, 0.5) is 0 Å². The van der Waals surface area contributed by atoms with E-state index in [1.54, 1.807) is 12.1 Å². The highest BCUT2D eigenvalue weighted by Gasteiger charge is 2.28. The van der Waals surface area contributed by atoms with Gasteiger partial charge in [0.05, 0.1) is 10.5 Å². The molecule has 1 N–H and O–H groups in total. The van der Waals surface area contributed by atoms with E-state index in [4.69, 9.17) is 0 Å². The summed E-state index contributed by atoms with van der Waals surface area (Å²) in [5.41, 5.74) is 0.854. The molecule has 0 aliphatic carbocycles. The van der Waals surface area contributed by atoms with Gasteiger partial charge in [-0.3, -0.25) is 4.79 Å². The molecular weight excluding hydrogens is 416 g/mol. The van der Waals surface area contributed by atoms with Crippen molar-refractivity contribution in [1.29, 1.82) is 0 Å². The van der Waals surface area contributed by atoms with Gasteiger partial charge in [0.25, 0.3) is 5.91 Å². The Kier molecular flexibility index (Phi) is 7.26. The summed E-state index contributed by atoms with van der Waals surface area (Å²) in [5.74, 6) is -0.0837. The molecule has 1 fully saturated rings. The van der Waals surface area contributed by atoms with Gasteiger partial charge in [-0.15, -0.1) is 11.8 Å². The molecule has 0 aromatic heterocycles. The molecule has 3 rings (SSSR count). The van der Waals surface area contributed by atoms with Crippen molar-refractivity contribution in [1.82, 2.24) is 9.62 Å². The Balaban J connectivity index is 1.85. The van der Waals surface area contributed by atoms with Crippen molar-refractivity contribution in [3.63, 3.8) is 0 Å². The van der Waals surface area contributed by atoms with Gasteiger partial charge >= 0.3 is 0 Å². The van der Waals surface area contributed by atoms with Crippen LogP contribution >= 0.6 is 11.8 Å². The molecule has 1 saturated heterocycles. The lowest BCUT2D eigenvalue weighted by atomic mass is 9.96. The van der Waals surface area contributed by atoms with Crippen molar-refractivity contribution in [3.05, 3.63) is 59.7 Å². The molecule has 0 atom stereocenters. The summed E-state index contributed by atoms with van der Waals surface area (Å²) in [4.78, 5) is 15.8. The van der Waals surface area contributed by atoms with E-state index in [-0.39, 0.29) is 10.8 Å². The molecular formula is C23H30N2O3S2. The normalized spacial score (nSPS) is 15.2. The number of likely N-dealkylation sites (tertiary alicyclic amines) is 1. The summed E-state index contributed by atoms with van der Waals surface area (Å²) < 4.78 is 29.1. The van der Waals surface area contributed by atoms with Gasteiger partial charge in [-0.25, -0.2) is 13.1 Å². The predicted octanol–water partition coefficient (Wildman–Crippen LogP) is 4.33. The molecule has 2 aromatic rings. The topological polar surface area (TPSA) is 66.5 Å². The number of hydrogen-bond acceptors (Lipinski definition) is 4. The average Bonchev–Trinajstić information content (AvgIpc) is 2.73. The number of sulfonamides is 1. The Morgan fingerprint density at radius 2 is 1.73 bits per heavy atom. The SMILES string of the molecule is CSc1ccc(S(=O)(=O)NC(C)(C)Cc2ccccc2)cc1C(=O)N1CCCCC1. The second-order valence-corrected chi connectivity index (χ2v) is 10.9. The Bertz CT molecular complexity index is 983. The first kappa shape index (κ1) is 22.8. The number of amides is 1. The summed E-state index contributed by atoms with van der Waals surface area (Å²) in [6.07, 6.45) is 5.59. The second kappa shape index (κ2) is 9.54. The molecule has 162 valence electrons. The van der Waals surface area contributed by atoms with Crippen LogP contribution in [0.15, 0.2) is 58.3 Å². The quantitative estimate of drug-likeness (QED) is 0.643. The lowest BCUT2D eigenvalue weighted by Crippen LogP contribution is -2.45. The van der Waals surface area contributed by atoms with Crippen LogP contribution in [-0.4, -0.2) is 44.1 Å². The van der Waals surface area contributed by atoms with E-state index in [9.17, 15) is 13.2 Å². The minimum absolute atomic E-state index is 0.0837. The fourth-order valence-electron chi connectivity index (χ4n) is 3.85. The smallest absolute Gasteiger partial charge is 0.255 e. The lowest BCUT2D eigenvalue weighted by molar-refractivity contribution is 0.0720. The van der Waals surface area contributed by atoms with Crippen LogP contribution in [-0.2, 0) is 16.4 Å². The van der Waals surface area contributed by atoms with Crippen LogP contribution in [0.3, 0.4) is 0 Å². The number of hydrogen-bond donors (Lipinski definition) is 1. The maximum Gasteiger partial charge on any atom is 0.255 e. The van der Waals surface area contributed by atoms with Crippen molar-refractivity contribution in [2.75, 3.05) is 19.3 Å². The first-order chi connectivity index (χ1) is 14.2. The third-order valence-electron chi connectivity index (χ3n) is 5.25. The summed E-state index contributed by atoms with van der Waals surface area (Å²) in [6, 6.07) is 14.6. The van der Waals surface area contributed by atoms with Crippen molar-refractivity contribution >= 4 is 27.7 Å². The summed E-state index contributed by atoms with van der Waals surface area (Å²) in [7, 11) is -3.78. The van der Waals surface area contributed by atoms with E-state index >= 15 is 0 Å². The number of nitrogens with one attached hydrogen (secondary N) is 1. The summed E-state index contributed by atoms with van der Waals surface area (Å²) in [5, 5.41) is 0. The third-order valence-corrected chi connectivity index (χ3v) is 7.75. The fraction of sp³-hybridized carbons (Fsp3) is 0.435. The van der Waals surface area contributed by atoms with Crippen LogP contribution in [0, 0.1) is 0 Å². The number of rotatable bonds is 7. The largest absolute Gasteiger partial charge is 0.339 e. The average molecular weight is 447 g/mol. The lowest BCUT2D eigenvalue weighted by Gasteiger charge is -2.28. The Hall–Kier alpha value is -1.83.